The standard InChI is InChI=1S/C18H36N4/c1-16(2)20-8-4-17(5-9-20)21-10-6-18(7-11-21)22-14-12-19(3)13-15-22/h16-18H,4-15H2,1-3H3. The maximum atomic E-state index is 2.81. The topological polar surface area (TPSA) is 13.0 Å². The number of piperazine rings is 1. The number of rotatable bonds is 3. The van der Waals surface area contributed by atoms with Gasteiger partial charge in [-0.15, -0.1) is 0 Å². The van der Waals surface area contributed by atoms with Crippen molar-refractivity contribution in [2.24, 2.45) is 0 Å². The summed E-state index contributed by atoms with van der Waals surface area (Å²) < 4.78 is 0. The molecule has 4 nitrogen and oxygen atoms in total. The van der Waals surface area contributed by atoms with Crippen LogP contribution in [-0.4, -0.2) is 97.1 Å². The van der Waals surface area contributed by atoms with Gasteiger partial charge in [0.1, 0.15) is 0 Å². The number of hydrogen-bond acceptors (Lipinski definition) is 4. The van der Waals surface area contributed by atoms with E-state index >= 15 is 0 Å². The second-order valence-corrected chi connectivity index (χ2v) is 7.97. The predicted molar refractivity (Wildman–Crippen MR) is 93.4 cm³/mol. The van der Waals surface area contributed by atoms with Gasteiger partial charge in [-0.25, -0.2) is 0 Å². The molecule has 0 saturated carbocycles. The molecule has 0 aromatic heterocycles. The van der Waals surface area contributed by atoms with E-state index in [4.69, 9.17) is 0 Å². The molecule has 0 aromatic rings. The quantitative estimate of drug-likeness (QED) is 0.784. The Bertz CT molecular complexity index is 322. The summed E-state index contributed by atoms with van der Waals surface area (Å²) in [7, 11) is 2.25. The zero-order valence-corrected chi connectivity index (χ0v) is 15.0. The lowest BCUT2D eigenvalue weighted by Crippen LogP contribution is -2.54. The lowest BCUT2D eigenvalue weighted by atomic mass is 9.96. The minimum absolute atomic E-state index is 0.726. The molecule has 0 amide bonds. The molecule has 128 valence electrons. The van der Waals surface area contributed by atoms with Gasteiger partial charge in [-0.1, -0.05) is 0 Å². The molecule has 22 heavy (non-hydrogen) atoms. The van der Waals surface area contributed by atoms with Gasteiger partial charge in [0.15, 0.2) is 0 Å². The van der Waals surface area contributed by atoms with E-state index in [9.17, 15) is 0 Å². The van der Waals surface area contributed by atoms with Crippen LogP contribution in [0.4, 0.5) is 0 Å². The Morgan fingerprint density at radius 2 is 1.09 bits per heavy atom. The number of piperidine rings is 2. The van der Waals surface area contributed by atoms with Crippen molar-refractivity contribution < 1.29 is 0 Å². The van der Waals surface area contributed by atoms with Gasteiger partial charge >= 0.3 is 0 Å². The van der Waals surface area contributed by atoms with Gasteiger partial charge in [0.25, 0.3) is 0 Å². The summed E-state index contributed by atoms with van der Waals surface area (Å²) in [5.74, 6) is 0. The Kier molecular flexibility index (Phi) is 5.77. The number of hydrogen-bond donors (Lipinski definition) is 0. The van der Waals surface area contributed by atoms with E-state index in [1.165, 1.54) is 78.0 Å². The maximum Gasteiger partial charge on any atom is 0.0121 e. The highest BCUT2D eigenvalue weighted by molar-refractivity contribution is 4.87. The summed E-state index contributed by atoms with van der Waals surface area (Å²) in [6.45, 7) is 15.0. The van der Waals surface area contributed by atoms with Crippen molar-refractivity contribution in [1.29, 1.82) is 0 Å². The average Bonchev–Trinajstić information content (AvgIpc) is 2.56. The molecule has 0 aliphatic carbocycles. The zero-order valence-electron chi connectivity index (χ0n) is 15.0. The monoisotopic (exact) mass is 308 g/mol. The van der Waals surface area contributed by atoms with Gasteiger partial charge in [-0.05, 0) is 72.8 Å². The molecule has 0 radical (unpaired) electrons. The molecule has 0 N–H and O–H groups in total. The fourth-order valence-corrected chi connectivity index (χ4v) is 4.57. The summed E-state index contributed by atoms with van der Waals surface area (Å²) >= 11 is 0. The molecule has 3 fully saturated rings. The van der Waals surface area contributed by atoms with Crippen molar-refractivity contribution >= 4 is 0 Å². The molecule has 3 aliphatic heterocycles. The summed E-state index contributed by atoms with van der Waals surface area (Å²) in [6.07, 6.45) is 5.57. The van der Waals surface area contributed by atoms with Crippen molar-refractivity contribution in [2.75, 3.05) is 59.4 Å². The number of likely N-dealkylation sites (N-methyl/N-ethyl adjacent to an activating group) is 1. The van der Waals surface area contributed by atoms with Crippen molar-refractivity contribution in [3.8, 4) is 0 Å². The molecule has 4 heteroatoms. The Labute approximate surface area is 137 Å². The third kappa shape index (κ3) is 4.02. The molecule has 3 aliphatic rings. The summed E-state index contributed by atoms with van der Waals surface area (Å²) in [5, 5.41) is 0. The third-order valence-electron chi connectivity index (χ3n) is 6.30. The molecule has 0 aromatic carbocycles. The van der Waals surface area contributed by atoms with Crippen molar-refractivity contribution in [3.63, 3.8) is 0 Å². The molecule has 0 unspecified atom stereocenters. The van der Waals surface area contributed by atoms with E-state index in [0.717, 1.165) is 18.1 Å². The zero-order chi connectivity index (χ0) is 15.5. The van der Waals surface area contributed by atoms with Gasteiger partial charge in [-0.3, -0.25) is 4.90 Å². The fourth-order valence-electron chi connectivity index (χ4n) is 4.57. The molecular weight excluding hydrogens is 272 g/mol. The van der Waals surface area contributed by atoms with Gasteiger partial charge in [0.05, 0.1) is 0 Å². The van der Waals surface area contributed by atoms with Crippen LogP contribution in [0.5, 0.6) is 0 Å². The van der Waals surface area contributed by atoms with E-state index in [0.29, 0.717) is 0 Å². The Hall–Kier alpha value is -0.160. The second-order valence-electron chi connectivity index (χ2n) is 7.97. The minimum atomic E-state index is 0.726. The van der Waals surface area contributed by atoms with Crippen LogP contribution in [0.25, 0.3) is 0 Å². The minimum Gasteiger partial charge on any atom is -0.304 e. The van der Waals surface area contributed by atoms with Crippen LogP contribution < -0.4 is 0 Å². The van der Waals surface area contributed by atoms with Crippen LogP contribution in [0.2, 0.25) is 0 Å². The van der Waals surface area contributed by atoms with Crippen LogP contribution >= 0.6 is 0 Å². The van der Waals surface area contributed by atoms with Gasteiger partial charge in [0, 0.05) is 44.3 Å². The second kappa shape index (κ2) is 7.61. The highest BCUT2D eigenvalue weighted by atomic mass is 15.3. The normalized spacial score (nSPS) is 29.5. The van der Waals surface area contributed by atoms with Crippen LogP contribution in [-0.2, 0) is 0 Å². The number of nitrogens with zero attached hydrogens (tertiary/aromatic N) is 4. The third-order valence-corrected chi connectivity index (χ3v) is 6.30. The Morgan fingerprint density at radius 3 is 1.59 bits per heavy atom. The molecule has 0 atom stereocenters. The van der Waals surface area contributed by atoms with Gasteiger partial charge < -0.3 is 14.7 Å². The van der Waals surface area contributed by atoms with E-state index in [1.807, 2.05) is 0 Å². The lowest BCUT2D eigenvalue weighted by Gasteiger charge is -2.46. The molecule has 0 spiro atoms. The summed E-state index contributed by atoms with van der Waals surface area (Å²) in [5.41, 5.74) is 0. The van der Waals surface area contributed by atoms with Crippen LogP contribution in [0.1, 0.15) is 39.5 Å². The first-order valence-electron chi connectivity index (χ1n) is 9.54. The molecule has 3 heterocycles. The Balaban J connectivity index is 1.40. The first-order chi connectivity index (χ1) is 10.6. The predicted octanol–water partition coefficient (Wildman–Crippen LogP) is 1.57. The first kappa shape index (κ1) is 16.7. The average molecular weight is 309 g/mol. The molecule has 3 saturated heterocycles. The maximum absolute atomic E-state index is 2.81. The summed E-state index contributed by atoms with van der Waals surface area (Å²) in [6, 6.07) is 2.45. The SMILES string of the molecule is CC(C)N1CCC(N2CCC(N3CCN(C)CC3)CC2)CC1. The summed E-state index contributed by atoms with van der Waals surface area (Å²) in [4.78, 5) is 10.7. The lowest BCUT2D eigenvalue weighted by molar-refractivity contribution is 0.0340. The van der Waals surface area contributed by atoms with Crippen LogP contribution in [0.3, 0.4) is 0 Å². The van der Waals surface area contributed by atoms with E-state index in [1.54, 1.807) is 0 Å². The van der Waals surface area contributed by atoms with Crippen molar-refractivity contribution in [1.82, 2.24) is 19.6 Å². The molecule has 3 rings (SSSR count). The Morgan fingerprint density at radius 1 is 0.636 bits per heavy atom. The van der Waals surface area contributed by atoms with E-state index in [2.05, 4.69) is 40.5 Å². The fraction of sp³-hybridized carbons (Fsp3) is 1.00. The molecular formula is C18H36N4. The first-order valence-corrected chi connectivity index (χ1v) is 9.54. The smallest absolute Gasteiger partial charge is 0.0121 e. The van der Waals surface area contributed by atoms with E-state index < -0.39 is 0 Å². The molecule has 0 bridgehead atoms. The highest BCUT2D eigenvalue weighted by Gasteiger charge is 2.31. The van der Waals surface area contributed by atoms with Crippen LogP contribution in [0, 0.1) is 0 Å². The number of likely N-dealkylation sites (tertiary alicyclic amines) is 2. The van der Waals surface area contributed by atoms with Crippen LogP contribution in [0.15, 0.2) is 0 Å². The van der Waals surface area contributed by atoms with Crippen molar-refractivity contribution in [2.45, 2.75) is 57.7 Å². The van der Waals surface area contributed by atoms with Gasteiger partial charge in [-0.2, -0.15) is 0 Å². The van der Waals surface area contributed by atoms with Gasteiger partial charge in [0.2, 0.25) is 0 Å². The van der Waals surface area contributed by atoms with E-state index in [-0.39, 0.29) is 0 Å². The highest BCUT2D eigenvalue weighted by Crippen LogP contribution is 2.24. The van der Waals surface area contributed by atoms with Crippen molar-refractivity contribution in [3.05, 3.63) is 0 Å². The largest absolute Gasteiger partial charge is 0.304 e.